The molecule has 1 heterocycles. The summed E-state index contributed by atoms with van der Waals surface area (Å²) in [6.45, 7) is 1.93. The number of rotatable bonds is 7. The Kier molecular flexibility index (Phi) is 7.77. The average Bonchev–Trinajstić information content (AvgIpc) is 3.09. The number of nitro benzene ring substituents is 1. The van der Waals surface area contributed by atoms with Crippen LogP contribution in [0.1, 0.15) is 41.6 Å². The first kappa shape index (κ1) is 24.3. The zero-order valence-electron chi connectivity index (χ0n) is 18.2. The molecule has 0 spiro atoms. The molecule has 176 valence electrons. The number of nitro groups is 1. The molecule has 1 fully saturated rings. The van der Waals surface area contributed by atoms with Crippen molar-refractivity contribution in [3.05, 3.63) is 63.7 Å². The fraction of sp³-hybridized carbons (Fsp3) is 0.364. The van der Waals surface area contributed by atoms with Crippen molar-refractivity contribution in [3.63, 3.8) is 0 Å². The number of carbonyl (C=O) groups excluding carboxylic acids is 2. The van der Waals surface area contributed by atoms with Gasteiger partial charge in [-0.2, -0.15) is 4.31 Å². The number of amides is 1. The van der Waals surface area contributed by atoms with Crippen molar-refractivity contribution in [1.82, 2.24) is 4.31 Å². The second-order valence-corrected chi connectivity index (χ2v) is 9.66. The van der Waals surface area contributed by atoms with E-state index in [1.54, 1.807) is 6.92 Å². The van der Waals surface area contributed by atoms with E-state index in [4.69, 9.17) is 4.74 Å². The van der Waals surface area contributed by atoms with E-state index in [9.17, 15) is 28.1 Å². The number of ether oxygens (including phenoxy) is 1. The molecule has 1 aliphatic rings. The van der Waals surface area contributed by atoms with Gasteiger partial charge < -0.3 is 10.1 Å². The number of carbonyl (C=O) groups is 2. The number of anilines is 1. The van der Waals surface area contributed by atoms with E-state index < -0.39 is 33.4 Å². The van der Waals surface area contributed by atoms with E-state index in [0.29, 0.717) is 18.7 Å². The van der Waals surface area contributed by atoms with E-state index in [1.807, 2.05) is 0 Å². The number of nitrogens with one attached hydrogen (secondary N) is 1. The lowest BCUT2D eigenvalue weighted by molar-refractivity contribution is -0.385. The average molecular weight is 476 g/mol. The van der Waals surface area contributed by atoms with E-state index >= 15 is 0 Å². The van der Waals surface area contributed by atoms with Crippen LogP contribution in [0.2, 0.25) is 0 Å². The first-order valence-electron chi connectivity index (χ1n) is 10.5. The van der Waals surface area contributed by atoms with Gasteiger partial charge in [0.1, 0.15) is 0 Å². The highest BCUT2D eigenvalue weighted by Gasteiger charge is 2.25. The summed E-state index contributed by atoms with van der Waals surface area (Å²) in [5.41, 5.74) is 0.616. The van der Waals surface area contributed by atoms with Crippen molar-refractivity contribution >= 4 is 33.3 Å². The van der Waals surface area contributed by atoms with Crippen LogP contribution < -0.4 is 5.32 Å². The molecule has 33 heavy (non-hydrogen) atoms. The number of aryl methyl sites for hydroxylation is 1. The van der Waals surface area contributed by atoms with Gasteiger partial charge in [-0.25, -0.2) is 13.2 Å². The Hall–Kier alpha value is -3.31. The van der Waals surface area contributed by atoms with Gasteiger partial charge in [0.15, 0.2) is 6.61 Å². The van der Waals surface area contributed by atoms with Gasteiger partial charge in [-0.1, -0.05) is 18.9 Å². The lowest BCUT2D eigenvalue weighted by Crippen LogP contribution is -2.31. The number of hydrogen-bond acceptors (Lipinski definition) is 7. The Morgan fingerprint density at radius 2 is 1.70 bits per heavy atom. The molecule has 3 rings (SSSR count). The summed E-state index contributed by atoms with van der Waals surface area (Å²) in [4.78, 5) is 34.9. The van der Waals surface area contributed by atoms with Crippen LogP contribution in [0, 0.1) is 17.0 Å². The molecule has 0 aliphatic carbocycles. The highest BCUT2D eigenvalue weighted by Crippen LogP contribution is 2.23. The normalized spacial score (nSPS) is 14.8. The topological polar surface area (TPSA) is 136 Å². The van der Waals surface area contributed by atoms with Gasteiger partial charge in [0.05, 0.1) is 15.4 Å². The smallest absolute Gasteiger partial charge is 0.338 e. The summed E-state index contributed by atoms with van der Waals surface area (Å²) in [6.07, 6.45) is 3.65. The molecule has 1 saturated heterocycles. The fourth-order valence-electron chi connectivity index (χ4n) is 3.49. The highest BCUT2D eigenvalue weighted by molar-refractivity contribution is 7.89. The number of esters is 1. The molecular formula is C22H25N3O7S. The Bertz CT molecular complexity index is 1140. The molecule has 0 aromatic heterocycles. The maximum absolute atomic E-state index is 12.8. The SMILES string of the molecule is Cc1ccc(NC(=O)COC(=O)c2ccc(S(=O)(=O)N3CCCCCC3)cc2)cc1[N+](=O)[O-]. The zero-order chi connectivity index (χ0) is 24.0. The number of nitrogens with zero attached hydrogens (tertiary/aromatic N) is 2. The molecule has 2 aromatic carbocycles. The first-order valence-corrected chi connectivity index (χ1v) is 11.9. The van der Waals surface area contributed by atoms with E-state index in [2.05, 4.69) is 5.32 Å². The van der Waals surface area contributed by atoms with Crippen molar-refractivity contribution in [2.45, 2.75) is 37.5 Å². The van der Waals surface area contributed by atoms with Crippen LogP contribution in [0.15, 0.2) is 47.4 Å². The molecule has 1 aliphatic heterocycles. The molecule has 0 bridgehead atoms. The monoisotopic (exact) mass is 475 g/mol. The van der Waals surface area contributed by atoms with Crippen molar-refractivity contribution in [2.24, 2.45) is 0 Å². The Labute approximate surface area is 191 Å². The summed E-state index contributed by atoms with van der Waals surface area (Å²) < 4.78 is 32.1. The number of benzene rings is 2. The third-order valence-corrected chi connectivity index (χ3v) is 7.23. The summed E-state index contributed by atoms with van der Waals surface area (Å²) in [5.74, 6) is -1.46. The van der Waals surface area contributed by atoms with E-state index in [-0.39, 0.29) is 21.8 Å². The molecule has 1 N–H and O–H groups in total. The van der Waals surface area contributed by atoms with Crippen LogP contribution in [0.4, 0.5) is 11.4 Å². The molecular weight excluding hydrogens is 450 g/mol. The van der Waals surface area contributed by atoms with Gasteiger partial charge in [0.2, 0.25) is 10.0 Å². The Balaban J connectivity index is 1.58. The van der Waals surface area contributed by atoms with Crippen LogP contribution in [0.25, 0.3) is 0 Å². The summed E-state index contributed by atoms with van der Waals surface area (Å²) in [5, 5.41) is 13.4. The second kappa shape index (κ2) is 10.5. The summed E-state index contributed by atoms with van der Waals surface area (Å²) >= 11 is 0. The maximum Gasteiger partial charge on any atom is 0.338 e. The molecule has 2 aromatic rings. The predicted molar refractivity (Wildman–Crippen MR) is 120 cm³/mol. The minimum absolute atomic E-state index is 0.0969. The molecule has 1 amide bonds. The Morgan fingerprint density at radius 1 is 1.06 bits per heavy atom. The van der Waals surface area contributed by atoms with Crippen LogP contribution in [-0.2, 0) is 19.6 Å². The lowest BCUT2D eigenvalue weighted by atomic mass is 10.2. The van der Waals surface area contributed by atoms with Gasteiger partial charge in [-0.05, 0) is 50.1 Å². The van der Waals surface area contributed by atoms with Gasteiger partial charge in [0.25, 0.3) is 11.6 Å². The quantitative estimate of drug-likeness (QED) is 0.369. The maximum atomic E-state index is 12.8. The summed E-state index contributed by atoms with van der Waals surface area (Å²) in [7, 11) is -3.63. The summed E-state index contributed by atoms with van der Waals surface area (Å²) in [6, 6.07) is 9.61. The standard InChI is InChI=1S/C22H25N3O7S/c1-16-6-9-18(14-20(16)25(28)29)23-21(26)15-32-22(27)17-7-10-19(11-8-17)33(30,31)24-12-4-2-3-5-13-24/h6-11,14H,2-5,12-13,15H2,1H3,(H,23,26). The van der Waals surface area contributed by atoms with Gasteiger partial charge in [-0.3, -0.25) is 14.9 Å². The second-order valence-electron chi connectivity index (χ2n) is 7.73. The highest BCUT2D eigenvalue weighted by atomic mass is 32.2. The van der Waals surface area contributed by atoms with Crippen LogP contribution in [-0.4, -0.2) is 49.2 Å². The molecule has 0 unspecified atom stereocenters. The van der Waals surface area contributed by atoms with Gasteiger partial charge in [0, 0.05) is 30.4 Å². The van der Waals surface area contributed by atoms with Crippen molar-refractivity contribution in [1.29, 1.82) is 0 Å². The molecule has 0 radical (unpaired) electrons. The predicted octanol–water partition coefficient (Wildman–Crippen LogP) is 3.26. The van der Waals surface area contributed by atoms with Crippen molar-refractivity contribution in [2.75, 3.05) is 25.0 Å². The molecule has 11 heteroatoms. The first-order chi connectivity index (χ1) is 15.7. The van der Waals surface area contributed by atoms with E-state index in [0.717, 1.165) is 25.7 Å². The zero-order valence-corrected chi connectivity index (χ0v) is 19.0. The largest absolute Gasteiger partial charge is 0.452 e. The van der Waals surface area contributed by atoms with Crippen LogP contribution in [0.3, 0.4) is 0 Å². The minimum atomic E-state index is -3.63. The van der Waals surface area contributed by atoms with Gasteiger partial charge >= 0.3 is 5.97 Å². The van der Waals surface area contributed by atoms with Gasteiger partial charge in [-0.15, -0.1) is 0 Å². The van der Waals surface area contributed by atoms with Crippen LogP contribution in [0.5, 0.6) is 0 Å². The van der Waals surface area contributed by atoms with Crippen LogP contribution >= 0.6 is 0 Å². The number of sulfonamides is 1. The third-order valence-electron chi connectivity index (χ3n) is 5.32. The molecule has 10 nitrogen and oxygen atoms in total. The van der Waals surface area contributed by atoms with E-state index in [1.165, 1.54) is 46.8 Å². The fourth-order valence-corrected chi connectivity index (χ4v) is 5.01. The number of hydrogen-bond donors (Lipinski definition) is 1. The molecule has 0 saturated carbocycles. The van der Waals surface area contributed by atoms with Crippen molar-refractivity contribution in [3.8, 4) is 0 Å². The minimum Gasteiger partial charge on any atom is -0.452 e. The Morgan fingerprint density at radius 3 is 2.30 bits per heavy atom. The lowest BCUT2D eigenvalue weighted by Gasteiger charge is -2.19. The molecule has 0 atom stereocenters. The third kappa shape index (κ3) is 6.14. The van der Waals surface area contributed by atoms with Crippen molar-refractivity contribution < 1.29 is 27.7 Å².